The lowest BCUT2D eigenvalue weighted by Crippen LogP contribution is -2.45. The van der Waals surface area contributed by atoms with Gasteiger partial charge in [-0.3, -0.25) is 4.79 Å². The molecule has 1 saturated heterocycles. The van der Waals surface area contributed by atoms with E-state index in [9.17, 15) is 4.79 Å². The molecule has 1 heterocycles. The molecule has 3 nitrogen and oxygen atoms in total. The number of rotatable bonds is 2. The molecule has 1 unspecified atom stereocenters. The van der Waals surface area contributed by atoms with Crippen molar-refractivity contribution in [2.75, 3.05) is 13.2 Å². The quantitative estimate of drug-likeness (QED) is 0.671. The van der Waals surface area contributed by atoms with Crippen LogP contribution in [0.3, 0.4) is 0 Å². The van der Waals surface area contributed by atoms with E-state index in [2.05, 4.69) is 12.2 Å². The summed E-state index contributed by atoms with van der Waals surface area (Å²) in [6.45, 7) is 5.53. The van der Waals surface area contributed by atoms with Crippen LogP contribution in [-0.4, -0.2) is 25.2 Å². The van der Waals surface area contributed by atoms with Gasteiger partial charge in [-0.15, -0.1) is 0 Å². The zero-order valence-electron chi connectivity index (χ0n) is 7.80. The molecule has 2 atom stereocenters. The van der Waals surface area contributed by atoms with Gasteiger partial charge in [0, 0.05) is 13.0 Å². The summed E-state index contributed by atoms with van der Waals surface area (Å²) < 4.78 is 5.28. The van der Waals surface area contributed by atoms with Crippen molar-refractivity contribution >= 4 is 5.91 Å². The van der Waals surface area contributed by atoms with Gasteiger partial charge in [0.05, 0.1) is 12.6 Å². The van der Waals surface area contributed by atoms with Gasteiger partial charge in [0.1, 0.15) is 0 Å². The number of nitrogens with one attached hydrogen (secondary N) is 1. The van der Waals surface area contributed by atoms with Crippen LogP contribution in [0.15, 0.2) is 0 Å². The molecule has 1 aliphatic heterocycles. The van der Waals surface area contributed by atoms with E-state index < -0.39 is 0 Å². The van der Waals surface area contributed by atoms with E-state index in [-0.39, 0.29) is 11.9 Å². The SMILES string of the molecule is CCC(=O)N[C@@H]1COCCC1C. The van der Waals surface area contributed by atoms with Gasteiger partial charge in [-0.2, -0.15) is 0 Å². The first-order valence-corrected chi connectivity index (χ1v) is 4.61. The second kappa shape index (κ2) is 4.45. The number of amides is 1. The zero-order chi connectivity index (χ0) is 8.97. The fraction of sp³-hybridized carbons (Fsp3) is 0.889. The fourth-order valence-corrected chi connectivity index (χ4v) is 1.34. The Morgan fingerprint density at radius 2 is 2.42 bits per heavy atom. The first-order valence-electron chi connectivity index (χ1n) is 4.61. The molecule has 1 N–H and O–H groups in total. The monoisotopic (exact) mass is 171 g/mol. The second-order valence-electron chi connectivity index (χ2n) is 3.37. The number of carbonyl (C=O) groups is 1. The van der Waals surface area contributed by atoms with Crippen LogP contribution in [0.1, 0.15) is 26.7 Å². The molecule has 12 heavy (non-hydrogen) atoms. The third kappa shape index (κ3) is 2.48. The highest BCUT2D eigenvalue weighted by Crippen LogP contribution is 2.14. The van der Waals surface area contributed by atoms with Gasteiger partial charge in [-0.05, 0) is 12.3 Å². The fourth-order valence-electron chi connectivity index (χ4n) is 1.34. The average Bonchev–Trinajstić information content (AvgIpc) is 2.09. The van der Waals surface area contributed by atoms with E-state index in [1.807, 2.05) is 6.92 Å². The molecule has 0 bridgehead atoms. The standard InChI is InChI=1S/C9H17NO2/c1-3-9(11)10-8-6-12-5-4-7(8)2/h7-8H,3-6H2,1-2H3,(H,10,11)/t7?,8-/m1/s1. The molecular formula is C9H17NO2. The smallest absolute Gasteiger partial charge is 0.220 e. The van der Waals surface area contributed by atoms with Crippen LogP contribution in [0.25, 0.3) is 0 Å². The third-order valence-electron chi connectivity index (χ3n) is 2.37. The van der Waals surface area contributed by atoms with Crippen LogP contribution >= 0.6 is 0 Å². The van der Waals surface area contributed by atoms with Crippen LogP contribution in [0, 0.1) is 5.92 Å². The molecule has 0 aliphatic carbocycles. The summed E-state index contributed by atoms with van der Waals surface area (Å²) in [5, 5.41) is 2.95. The largest absolute Gasteiger partial charge is 0.379 e. The molecular weight excluding hydrogens is 154 g/mol. The van der Waals surface area contributed by atoms with Gasteiger partial charge in [-0.25, -0.2) is 0 Å². The minimum Gasteiger partial charge on any atom is -0.379 e. The lowest BCUT2D eigenvalue weighted by atomic mass is 9.97. The van der Waals surface area contributed by atoms with Crippen LogP contribution in [0.4, 0.5) is 0 Å². The molecule has 0 aromatic carbocycles. The predicted octanol–water partition coefficient (Wildman–Crippen LogP) is 0.938. The highest BCUT2D eigenvalue weighted by atomic mass is 16.5. The van der Waals surface area contributed by atoms with Gasteiger partial charge in [-0.1, -0.05) is 13.8 Å². The predicted molar refractivity (Wildman–Crippen MR) is 46.8 cm³/mol. The van der Waals surface area contributed by atoms with E-state index >= 15 is 0 Å². The highest BCUT2D eigenvalue weighted by Gasteiger charge is 2.22. The van der Waals surface area contributed by atoms with Crippen LogP contribution in [-0.2, 0) is 9.53 Å². The van der Waals surface area contributed by atoms with Crippen molar-refractivity contribution in [1.29, 1.82) is 0 Å². The Bertz CT molecular complexity index is 159. The second-order valence-corrected chi connectivity index (χ2v) is 3.37. The van der Waals surface area contributed by atoms with Crippen LogP contribution in [0.2, 0.25) is 0 Å². The van der Waals surface area contributed by atoms with E-state index in [1.165, 1.54) is 0 Å². The lowest BCUT2D eigenvalue weighted by Gasteiger charge is -2.29. The minimum atomic E-state index is 0.123. The van der Waals surface area contributed by atoms with Crippen molar-refractivity contribution in [1.82, 2.24) is 5.32 Å². The Kier molecular flexibility index (Phi) is 3.53. The van der Waals surface area contributed by atoms with Crippen LogP contribution in [0.5, 0.6) is 0 Å². The van der Waals surface area contributed by atoms with Crippen molar-refractivity contribution in [3.8, 4) is 0 Å². The Labute approximate surface area is 73.5 Å². The molecule has 0 saturated carbocycles. The first-order chi connectivity index (χ1) is 5.74. The van der Waals surface area contributed by atoms with Crippen molar-refractivity contribution in [2.45, 2.75) is 32.7 Å². The van der Waals surface area contributed by atoms with E-state index in [4.69, 9.17) is 4.74 Å². The zero-order valence-corrected chi connectivity index (χ0v) is 7.80. The van der Waals surface area contributed by atoms with Crippen molar-refractivity contribution in [3.63, 3.8) is 0 Å². The Balaban J connectivity index is 2.33. The Hall–Kier alpha value is -0.570. The molecule has 1 amide bonds. The van der Waals surface area contributed by atoms with Gasteiger partial charge >= 0.3 is 0 Å². The molecule has 1 rings (SSSR count). The van der Waals surface area contributed by atoms with Crippen LogP contribution < -0.4 is 5.32 Å². The number of hydrogen-bond donors (Lipinski definition) is 1. The van der Waals surface area contributed by atoms with Gasteiger partial charge < -0.3 is 10.1 Å². The van der Waals surface area contributed by atoms with Gasteiger partial charge in [0.2, 0.25) is 5.91 Å². The molecule has 0 radical (unpaired) electrons. The average molecular weight is 171 g/mol. The normalized spacial score (nSPS) is 29.8. The van der Waals surface area contributed by atoms with E-state index in [0.29, 0.717) is 18.9 Å². The summed E-state index contributed by atoms with van der Waals surface area (Å²) in [5.41, 5.74) is 0. The lowest BCUT2D eigenvalue weighted by molar-refractivity contribution is -0.123. The van der Waals surface area contributed by atoms with E-state index in [0.717, 1.165) is 13.0 Å². The number of hydrogen-bond acceptors (Lipinski definition) is 2. The van der Waals surface area contributed by atoms with Crippen molar-refractivity contribution in [2.24, 2.45) is 5.92 Å². The van der Waals surface area contributed by atoms with E-state index in [1.54, 1.807) is 0 Å². The summed E-state index contributed by atoms with van der Waals surface area (Å²) in [5.74, 6) is 0.673. The molecule has 1 aliphatic rings. The number of carbonyl (C=O) groups excluding carboxylic acids is 1. The van der Waals surface area contributed by atoms with Gasteiger partial charge in [0.15, 0.2) is 0 Å². The summed E-state index contributed by atoms with van der Waals surface area (Å²) in [6.07, 6.45) is 1.61. The maximum absolute atomic E-state index is 11.1. The molecule has 1 fully saturated rings. The Morgan fingerprint density at radius 3 is 3.00 bits per heavy atom. The summed E-state index contributed by atoms with van der Waals surface area (Å²) >= 11 is 0. The summed E-state index contributed by atoms with van der Waals surface area (Å²) in [7, 11) is 0. The van der Waals surface area contributed by atoms with Crippen molar-refractivity contribution in [3.05, 3.63) is 0 Å². The molecule has 3 heteroatoms. The molecule has 0 spiro atoms. The minimum absolute atomic E-state index is 0.123. The van der Waals surface area contributed by atoms with Crippen molar-refractivity contribution < 1.29 is 9.53 Å². The maximum Gasteiger partial charge on any atom is 0.220 e. The summed E-state index contributed by atoms with van der Waals surface area (Å²) in [4.78, 5) is 11.1. The third-order valence-corrected chi connectivity index (χ3v) is 2.37. The molecule has 0 aromatic rings. The first kappa shape index (κ1) is 9.52. The Morgan fingerprint density at radius 1 is 1.67 bits per heavy atom. The summed E-state index contributed by atoms with van der Waals surface area (Å²) in [6, 6.07) is 0.228. The highest BCUT2D eigenvalue weighted by molar-refractivity contribution is 5.75. The topological polar surface area (TPSA) is 38.3 Å². The number of ether oxygens (including phenoxy) is 1. The van der Waals surface area contributed by atoms with Gasteiger partial charge in [0.25, 0.3) is 0 Å². The maximum atomic E-state index is 11.1. The molecule has 0 aromatic heterocycles. The molecule has 70 valence electrons.